The molecule has 6 nitrogen and oxygen atoms in total. The minimum Gasteiger partial charge on any atom is -0.493 e. The number of carbonyl (C=O) groups excluding carboxylic acids is 1. The number of nitrogens with one attached hydrogen (secondary N) is 2. The van der Waals surface area contributed by atoms with Gasteiger partial charge in [0.25, 0.3) is 5.91 Å². The molecular formula is C37H53N3O3. The maximum Gasteiger partial charge on any atom is 0.271 e. The predicted molar refractivity (Wildman–Crippen MR) is 183 cm³/mol. The Kier molecular flexibility index (Phi) is 19.5. The van der Waals surface area contributed by atoms with Gasteiger partial charge in [-0.1, -0.05) is 83.5 Å². The van der Waals surface area contributed by atoms with Crippen molar-refractivity contribution in [2.45, 2.75) is 81.4 Å². The van der Waals surface area contributed by atoms with E-state index >= 15 is 0 Å². The smallest absolute Gasteiger partial charge is 0.271 e. The first-order valence-electron chi connectivity index (χ1n) is 14.9. The van der Waals surface area contributed by atoms with Crippen LogP contribution in [0.3, 0.4) is 0 Å². The van der Waals surface area contributed by atoms with Crippen molar-refractivity contribution >= 4 is 12.1 Å². The van der Waals surface area contributed by atoms with Crippen molar-refractivity contribution in [2.75, 3.05) is 14.2 Å². The Labute approximate surface area is 261 Å². The molecule has 0 saturated heterocycles. The van der Waals surface area contributed by atoms with Crippen molar-refractivity contribution < 1.29 is 14.3 Å². The first-order chi connectivity index (χ1) is 20.6. The van der Waals surface area contributed by atoms with E-state index in [1.807, 2.05) is 65.1 Å². The predicted octanol–water partition coefficient (Wildman–Crippen LogP) is 8.44. The van der Waals surface area contributed by atoms with Crippen molar-refractivity contribution in [1.82, 2.24) is 10.7 Å². The van der Waals surface area contributed by atoms with E-state index in [2.05, 4.69) is 87.6 Å². The number of terminal acetylenes is 1. The van der Waals surface area contributed by atoms with E-state index in [4.69, 9.17) is 9.47 Å². The number of hydrogen-bond acceptors (Lipinski definition) is 5. The fourth-order valence-electron chi connectivity index (χ4n) is 3.85. The fraction of sp³-hybridized carbons (Fsp3) is 0.405. The summed E-state index contributed by atoms with van der Waals surface area (Å²) in [4.78, 5) is 12.5. The highest BCUT2D eigenvalue weighted by atomic mass is 16.5. The molecule has 0 aliphatic rings. The number of hydrogen-bond donors (Lipinski definition) is 2. The molecule has 3 aromatic rings. The molecule has 3 aromatic carbocycles. The monoisotopic (exact) mass is 587 g/mol. The minimum absolute atomic E-state index is 0.239. The molecule has 0 aliphatic heterocycles. The zero-order valence-electron chi connectivity index (χ0n) is 28.2. The molecule has 0 bridgehead atoms. The van der Waals surface area contributed by atoms with Crippen LogP contribution in [0.25, 0.3) is 0 Å². The molecule has 0 saturated carbocycles. The van der Waals surface area contributed by atoms with Gasteiger partial charge < -0.3 is 14.8 Å². The number of hydrazone groups is 1. The van der Waals surface area contributed by atoms with Gasteiger partial charge in [-0.15, -0.1) is 12.8 Å². The lowest BCUT2D eigenvalue weighted by Gasteiger charge is -2.16. The summed E-state index contributed by atoms with van der Waals surface area (Å²) in [6, 6.07) is 18.3. The average molecular weight is 588 g/mol. The van der Waals surface area contributed by atoms with E-state index in [-0.39, 0.29) is 5.91 Å². The van der Waals surface area contributed by atoms with Gasteiger partial charge >= 0.3 is 0 Å². The van der Waals surface area contributed by atoms with E-state index in [0.717, 1.165) is 45.9 Å². The van der Waals surface area contributed by atoms with Crippen molar-refractivity contribution in [1.29, 1.82) is 0 Å². The van der Waals surface area contributed by atoms with Crippen molar-refractivity contribution in [3.63, 3.8) is 0 Å². The second-order valence-electron chi connectivity index (χ2n) is 10.4. The van der Waals surface area contributed by atoms with Crippen LogP contribution in [0.2, 0.25) is 0 Å². The third-order valence-electron chi connectivity index (χ3n) is 6.06. The summed E-state index contributed by atoms with van der Waals surface area (Å²) in [5, 5.41) is 7.40. The first kappa shape index (κ1) is 38.9. The average Bonchev–Trinajstić information content (AvgIpc) is 3.01. The molecule has 0 aromatic heterocycles. The summed E-state index contributed by atoms with van der Waals surface area (Å²) >= 11 is 0. The molecule has 1 atom stereocenters. The quantitative estimate of drug-likeness (QED) is 0.142. The molecule has 0 radical (unpaired) electrons. The molecule has 1 amide bonds. The van der Waals surface area contributed by atoms with Gasteiger partial charge in [-0.05, 0) is 86.2 Å². The van der Waals surface area contributed by atoms with E-state index in [1.165, 1.54) is 5.56 Å². The van der Waals surface area contributed by atoms with Gasteiger partial charge in [-0.2, -0.15) is 5.10 Å². The van der Waals surface area contributed by atoms with E-state index < -0.39 is 0 Å². The van der Waals surface area contributed by atoms with E-state index in [0.29, 0.717) is 24.0 Å². The summed E-state index contributed by atoms with van der Waals surface area (Å²) in [5.74, 6) is 1.95. The van der Waals surface area contributed by atoms with Gasteiger partial charge in [0, 0.05) is 11.6 Å². The molecule has 0 aliphatic carbocycles. The fourth-order valence-corrected chi connectivity index (χ4v) is 3.85. The number of amides is 1. The Hall–Kier alpha value is -4.08. The topological polar surface area (TPSA) is 72.0 Å². The van der Waals surface area contributed by atoms with Crippen LogP contribution >= 0.6 is 0 Å². The van der Waals surface area contributed by atoms with Crippen LogP contribution in [0.5, 0.6) is 11.5 Å². The van der Waals surface area contributed by atoms with Gasteiger partial charge in [0.1, 0.15) is 6.61 Å². The molecule has 0 heterocycles. The number of methoxy groups -OCH3 is 1. The van der Waals surface area contributed by atoms with Gasteiger partial charge in [0.05, 0.1) is 13.3 Å². The highest BCUT2D eigenvalue weighted by Gasteiger charge is 2.13. The SMILES string of the molecule is C#C.CC.CC(C)C.CCc1cc(/C=N/NC(=O)c2ccc(C)cc2C)cc(OC)c1OCc1ccc(C(C)NC)cc1. The zero-order valence-corrected chi connectivity index (χ0v) is 28.2. The number of ether oxygens (including phenoxy) is 2. The van der Waals surface area contributed by atoms with Gasteiger partial charge in [-0.25, -0.2) is 5.43 Å². The number of benzene rings is 3. The third-order valence-corrected chi connectivity index (χ3v) is 6.06. The van der Waals surface area contributed by atoms with Crippen molar-refractivity contribution in [3.8, 4) is 24.3 Å². The first-order valence-corrected chi connectivity index (χ1v) is 14.9. The summed E-state index contributed by atoms with van der Waals surface area (Å²) in [7, 11) is 3.58. The third kappa shape index (κ3) is 13.6. The zero-order chi connectivity index (χ0) is 32.9. The van der Waals surface area contributed by atoms with Gasteiger partial charge in [-0.3, -0.25) is 4.79 Å². The maximum atomic E-state index is 12.5. The molecule has 43 heavy (non-hydrogen) atoms. The second-order valence-corrected chi connectivity index (χ2v) is 10.4. The van der Waals surface area contributed by atoms with Crippen LogP contribution in [-0.4, -0.2) is 26.3 Å². The molecule has 234 valence electrons. The highest BCUT2D eigenvalue weighted by molar-refractivity contribution is 5.96. The summed E-state index contributed by atoms with van der Waals surface area (Å²) < 4.78 is 11.8. The Morgan fingerprint density at radius 2 is 1.58 bits per heavy atom. The van der Waals surface area contributed by atoms with Crippen LogP contribution in [0, 0.1) is 32.6 Å². The molecule has 0 spiro atoms. The standard InChI is InChI=1S/C29H35N3O3.C4H10.C2H6.C2H2/c1-7-24-15-23(17-31-32-29(33)26-13-8-19(2)14-20(26)3)16-27(34-6)28(24)35-18-22-9-11-25(12-10-22)21(4)30-5;1-4(2)3;2*1-2/h8-17,21,30H,7,18H2,1-6H3,(H,32,33);4H,1-3H3;1-2H3;1-2H/b31-17+;;;. The van der Waals surface area contributed by atoms with Crippen molar-refractivity contribution in [2.24, 2.45) is 11.0 Å². The second kappa shape index (κ2) is 21.6. The molecule has 0 fully saturated rings. The summed E-state index contributed by atoms with van der Waals surface area (Å²) in [6.07, 6.45) is 10.4. The number of carbonyl (C=O) groups is 1. The molecule has 6 heteroatoms. The Morgan fingerprint density at radius 1 is 0.977 bits per heavy atom. The number of aryl methyl sites for hydroxylation is 3. The highest BCUT2D eigenvalue weighted by Crippen LogP contribution is 2.33. The largest absolute Gasteiger partial charge is 0.493 e. The normalized spacial score (nSPS) is 10.7. The van der Waals surface area contributed by atoms with E-state index in [9.17, 15) is 4.79 Å². The summed E-state index contributed by atoms with van der Waals surface area (Å²) in [5.41, 5.74) is 9.40. The minimum atomic E-state index is -0.239. The van der Waals surface area contributed by atoms with E-state index in [1.54, 1.807) is 13.3 Å². The molecule has 3 rings (SSSR count). The van der Waals surface area contributed by atoms with Crippen LogP contribution in [0.1, 0.15) is 98.2 Å². The molecular weight excluding hydrogens is 534 g/mol. The molecule has 1 unspecified atom stereocenters. The Bertz CT molecular complexity index is 1250. The number of rotatable bonds is 10. The van der Waals surface area contributed by atoms with Crippen molar-refractivity contribution in [3.05, 3.63) is 93.5 Å². The van der Waals surface area contributed by atoms with Gasteiger partial charge in [0.2, 0.25) is 0 Å². The van der Waals surface area contributed by atoms with Crippen LogP contribution in [0.15, 0.2) is 59.7 Å². The van der Waals surface area contributed by atoms with Gasteiger partial charge in [0.15, 0.2) is 11.5 Å². The van der Waals surface area contributed by atoms with Crippen LogP contribution in [-0.2, 0) is 13.0 Å². The lowest BCUT2D eigenvalue weighted by molar-refractivity contribution is 0.0954. The molecule has 2 N–H and O–H groups in total. The lowest BCUT2D eigenvalue weighted by Crippen LogP contribution is -2.18. The van der Waals surface area contributed by atoms with Crippen LogP contribution in [0.4, 0.5) is 0 Å². The maximum absolute atomic E-state index is 12.5. The Morgan fingerprint density at radius 3 is 2.09 bits per heavy atom. The van der Waals surface area contributed by atoms with Crippen LogP contribution < -0.4 is 20.2 Å². The Balaban J connectivity index is 0.00000200. The lowest BCUT2D eigenvalue weighted by atomic mass is 10.1. The number of nitrogens with zero attached hydrogens (tertiary/aromatic N) is 1. The summed E-state index contributed by atoms with van der Waals surface area (Å²) in [6.45, 7) is 19.1.